The van der Waals surface area contributed by atoms with E-state index in [1.807, 2.05) is 79.9 Å². The van der Waals surface area contributed by atoms with Gasteiger partial charge >= 0.3 is 0 Å². The Balaban J connectivity index is 1.65. The molecule has 0 saturated carbocycles. The number of fused-ring (bicyclic) bond motifs is 3. The van der Waals surface area contributed by atoms with E-state index in [0.29, 0.717) is 44.1 Å². The predicted octanol–water partition coefficient (Wildman–Crippen LogP) is 4.00. The van der Waals surface area contributed by atoms with Crippen LogP contribution in [0.4, 0.5) is 0 Å². The fraction of sp³-hybridized carbons (Fsp3) is 0.407. The van der Waals surface area contributed by atoms with Gasteiger partial charge in [0.25, 0.3) is 5.91 Å². The van der Waals surface area contributed by atoms with Gasteiger partial charge in [-0.25, -0.2) is 0 Å². The lowest BCUT2D eigenvalue weighted by molar-refractivity contribution is -0.133. The van der Waals surface area contributed by atoms with Crippen LogP contribution in [0.15, 0.2) is 54.6 Å². The molecule has 0 fully saturated rings. The number of nitrogens with zero attached hydrogens (tertiary/aromatic N) is 2. The number of amides is 2. The maximum Gasteiger partial charge on any atom is 0.271 e. The van der Waals surface area contributed by atoms with Crippen LogP contribution in [0.3, 0.4) is 0 Å². The molecule has 1 N–H and O–H groups in total. The third kappa shape index (κ3) is 4.66. The number of hydrogen-bond donors (Lipinski definition) is 1. The summed E-state index contributed by atoms with van der Waals surface area (Å²) in [5, 5.41) is 4.03. The fourth-order valence-electron chi connectivity index (χ4n) is 4.49. The van der Waals surface area contributed by atoms with Crippen LogP contribution in [0.5, 0.6) is 5.75 Å². The van der Waals surface area contributed by atoms with Gasteiger partial charge in [-0.3, -0.25) is 9.59 Å². The summed E-state index contributed by atoms with van der Waals surface area (Å²) in [7, 11) is 1.62. The first-order valence-corrected chi connectivity index (χ1v) is 11.8. The summed E-state index contributed by atoms with van der Waals surface area (Å²) in [6.07, 6.45) is 0.865. The summed E-state index contributed by atoms with van der Waals surface area (Å²) in [6, 6.07) is 17.4. The average Bonchev–Trinajstić information content (AvgIpc) is 3.20. The third-order valence-corrected chi connectivity index (χ3v) is 6.36. The number of methoxy groups -OCH3 is 1. The van der Waals surface area contributed by atoms with Crippen LogP contribution in [0.25, 0.3) is 10.9 Å². The zero-order chi connectivity index (χ0) is 24.3. The highest BCUT2D eigenvalue weighted by Crippen LogP contribution is 2.33. The van der Waals surface area contributed by atoms with Crippen molar-refractivity contribution < 1.29 is 19.1 Å². The Hall–Kier alpha value is -3.32. The highest BCUT2D eigenvalue weighted by atomic mass is 16.5. The molecule has 0 spiro atoms. The van der Waals surface area contributed by atoms with E-state index in [1.54, 1.807) is 12.0 Å². The van der Waals surface area contributed by atoms with Gasteiger partial charge in [0.05, 0.1) is 19.8 Å². The molecule has 34 heavy (non-hydrogen) atoms. The van der Waals surface area contributed by atoms with Crippen molar-refractivity contribution in [2.75, 3.05) is 20.3 Å². The smallest absolute Gasteiger partial charge is 0.271 e. The molecule has 2 heterocycles. The predicted molar refractivity (Wildman–Crippen MR) is 132 cm³/mol. The van der Waals surface area contributed by atoms with Gasteiger partial charge in [0, 0.05) is 30.6 Å². The van der Waals surface area contributed by atoms with Crippen molar-refractivity contribution in [1.29, 1.82) is 0 Å². The molecule has 1 aliphatic heterocycles. The summed E-state index contributed by atoms with van der Waals surface area (Å²) < 4.78 is 12.9. The lowest BCUT2D eigenvalue weighted by Gasteiger charge is -2.44. The molecule has 1 aromatic heterocycles. The number of ether oxygens (including phenoxy) is 2. The first-order valence-electron chi connectivity index (χ1n) is 11.8. The Bertz CT molecular complexity index is 1190. The normalized spacial score (nSPS) is 17.8. The number of benzene rings is 2. The molecule has 7 nitrogen and oxygen atoms in total. The molecule has 0 saturated heterocycles. The van der Waals surface area contributed by atoms with Crippen molar-refractivity contribution in [2.45, 2.75) is 51.9 Å². The van der Waals surface area contributed by atoms with E-state index in [-0.39, 0.29) is 17.9 Å². The molecule has 180 valence electrons. The molecule has 7 heteroatoms. The molecule has 1 unspecified atom stereocenters. The summed E-state index contributed by atoms with van der Waals surface area (Å²) in [5.74, 6) is 0.384. The van der Waals surface area contributed by atoms with Crippen LogP contribution in [0.2, 0.25) is 0 Å². The van der Waals surface area contributed by atoms with Gasteiger partial charge in [-0.05, 0) is 57.0 Å². The van der Waals surface area contributed by atoms with Crippen molar-refractivity contribution in [3.63, 3.8) is 0 Å². The van der Waals surface area contributed by atoms with E-state index in [2.05, 4.69) is 5.32 Å². The summed E-state index contributed by atoms with van der Waals surface area (Å²) in [6.45, 7) is 7.57. The number of nitrogens with one attached hydrogen (secondary N) is 1. The summed E-state index contributed by atoms with van der Waals surface area (Å²) in [5.41, 5.74) is 1.39. The van der Waals surface area contributed by atoms with E-state index in [1.165, 1.54) is 0 Å². The van der Waals surface area contributed by atoms with Crippen LogP contribution in [0, 0.1) is 0 Å². The van der Waals surface area contributed by atoms with Gasteiger partial charge in [-0.2, -0.15) is 0 Å². The first kappa shape index (κ1) is 23.8. The molecule has 1 aliphatic rings. The van der Waals surface area contributed by atoms with Crippen molar-refractivity contribution in [2.24, 2.45) is 0 Å². The van der Waals surface area contributed by atoms with E-state index < -0.39 is 5.54 Å². The largest absolute Gasteiger partial charge is 0.497 e. The second-order valence-electron chi connectivity index (χ2n) is 9.22. The average molecular weight is 464 g/mol. The minimum atomic E-state index is -1.06. The molecular formula is C27H33N3O4. The van der Waals surface area contributed by atoms with Gasteiger partial charge in [-0.1, -0.05) is 30.3 Å². The highest BCUT2D eigenvalue weighted by Gasteiger charge is 2.47. The van der Waals surface area contributed by atoms with Gasteiger partial charge in [0.15, 0.2) is 0 Å². The number of carbonyl (C=O) groups is 2. The second-order valence-corrected chi connectivity index (χ2v) is 9.22. The molecule has 3 aromatic rings. The highest BCUT2D eigenvalue weighted by molar-refractivity contribution is 6.03. The molecule has 0 bridgehead atoms. The standard InChI is InChI=1S/C27H33N3O4/c1-19(2)34-14-8-13-28-26(32)27(3)18-29-23-12-6-5-10-21(23)16-24(29)25(31)30(27)17-20-9-7-11-22(15-20)33-4/h5-7,9-12,15-16,19H,8,13-14,17-18H2,1-4H3,(H,28,32). The Labute approximate surface area is 200 Å². The quantitative estimate of drug-likeness (QED) is 0.487. The minimum absolute atomic E-state index is 0.156. The topological polar surface area (TPSA) is 72.8 Å². The fourth-order valence-corrected chi connectivity index (χ4v) is 4.49. The number of rotatable bonds is 9. The van der Waals surface area contributed by atoms with E-state index in [9.17, 15) is 9.59 Å². The maximum absolute atomic E-state index is 13.8. The third-order valence-electron chi connectivity index (χ3n) is 6.36. The lowest BCUT2D eigenvalue weighted by Crippen LogP contribution is -2.63. The van der Waals surface area contributed by atoms with Gasteiger partial charge < -0.3 is 24.3 Å². The Morgan fingerprint density at radius 1 is 1.15 bits per heavy atom. The van der Waals surface area contributed by atoms with Crippen molar-refractivity contribution in [3.05, 3.63) is 65.9 Å². The summed E-state index contributed by atoms with van der Waals surface area (Å²) in [4.78, 5) is 29.1. The number of aromatic nitrogens is 1. The Kier molecular flexibility index (Phi) is 6.93. The van der Waals surface area contributed by atoms with Crippen LogP contribution in [-0.4, -0.2) is 53.2 Å². The number of para-hydroxylation sites is 1. The van der Waals surface area contributed by atoms with Gasteiger partial charge in [0.2, 0.25) is 5.91 Å². The molecule has 2 aromatic carbocycles. The molecular weight excluding hydrogens is 430 g/mol. The maximum atomic E-state index is 13.8. The second kappa shape index (κ2) is 9.89. The van der Waals surface area contributed by atoms with Gasteiger partial charge in [0.1, 0.15) is 17.0 Å². The Morgan fingerprint density at radius 2 is 1.94 bits per heavy atom. The van der Waals surface area contributed by atoms with E-state index >= 15 is 0 Å². The van der Waals surface area contributed by atoms with Crippen molar-refractivity contribution >= 4 is 22.7 Å². The lowest BCUT2D eigenvalue weighted by atomic mass is 9.93. The van der Waals surface area contributed by atoms with Crippen molar-refractivity contribution in [3.8, 4) is 5.75 Å². The van der Waals surface area contributed by atoms with E-state index in [4.69, 9.17) is 9.47 Å². The van der Waals surface area contributed by atoms with Crippen LogP contribution < -0.4 is 10.1 Å². The molecule has 0 aliphatic carbocycles. The first-order chi connectivity index (χ1) is 16.3. The monoisotopic (exact) mass is 463 g/mol. The number of hydrogen-bond acceptors (Lipinski definition) is 4. The molecule has 4 rings (SSSR count). The van der Waals surface area contributed by atoms with E-state index in [0.717, 1.165) is 16.5 Å². The van der Waals surface area contributed by atoms with Gasteiger partial charge in [-0.15, -0.1) is 0 Å². The Morgan fingerprint density at radius 3 is 2.71 bits per heavy atom. The summed E-state index contributed by atoms with van der Waals surface area (Å²) >= 11 is 0. The SMILES string of the molecule is COc1cccc(CN2C(=O)c3cc4ccccc4n3CC2(C)C(=O)NCCCOC(C)C)c1. The molecule has 2 amide bonds. The minimum Gasteiger partial charge on any atom is -0.497 e. The zero-order valence-corrected chi connectivity index (χ0v) is 20.3. The molecule has 0 radical (unpaired) electrons. The number of carbonyl (C=O) groups excluding carboxylic acids is 2. The zero-order valence-electron chi connectivity index (χ0n) is 20.3. The van der Waals surface area contributed by atoms with Crippen LogP contribution in [0.1, 0.15) is 43.2 Å². The van der Waals surface area contributed by atoms with Crippen molar-refractivity contribution in [1.82, 2.24) is 14.8 Å². The van der Waals surface area contributed by atoms with Crippen LogP contribution >= 0.6 is 0 Å². The molecule has 1 atom stereocenters. The van der Waals surface area contributed by atoms with Crippen LogP contribution in [-0.2, 0) is 22.6 Å².